The maximum absolute atomic E-state index is 6.33. The molecule has 1 N–H and O–H groups in total. The minimum Gasteiger partial charge on any atom is -0.497 e. The highest BCUT2D eigenvalue weighted by Crippen LogP contribution is 2.41. The van der Waals surface area contributed by atoms with Crippen molar-refractivity contribution in [2.24, 2.45) is 5.92 Å². The lowest BCUT2D eigenvalue weighted by atomic mass is 9.77. The van der Waals surface area contributed by atoms with Gasteiger partial charge in [0.25, 0.3) is 0 Å². The van der Waals surface area contributed by atoms with Crippen LogP contribution in [0.3, 0.4) is 0 Å². The molecule has 1 aromatic carbocycles. The molecule has 4 heteroatoms. The summed E-state index contributed by atoms with van der Waals surface area (Å²) >= 11 is 3.57. The van der Waals surface area contributed by atoms with Crippen LogP contribution in [0.5, 0.6) is 11.5 Å². The molecule has 118 valence electrons. The van der Waals surface area contributed by atoms with Crippen LogP contribution in [0, 0.1) is 5.92 Å². The second kappa shape index (κ2) is 7.50. The van der Waals surface area contributed by atoms with E-state index >= 15 is 0 Å². The molecule has 1 aromatic rings. The number of methoxy groups -OCH3 is 1. The highest BCUT2D eigenvalue weighted by Gasteiger charge is 2.39. The van der Waals surface area contributed by atoms with Gasteiger partial charge in [-0.3, -0.25) is 0 Å². The second-order valence-electron chi connectivity index (χ2n) is 6.28. The molecule has 3 nitrogen and oxygen atoms in total. The summed E-state index contributed by atoms with van der Waals surface area (Å²) in [7, 11) is 1.68. The van der Waals surface area contributed by atoms with E-state index in [1.54, 1.807) is 7.11 Å². The number of ether oxygens (including phenoxy) is 2. The van der Waals surface area contributed by atoms with Gasteiger partial charge >= 0.3 is 0 Å². The van der Waals surface area contributed by atoms with Crippen molar-refractivity contribution in [3.63, 3.8) is 0 Å². The Kier molecular flexibility index (Phi) is 5.94. The normalized spacial score (nSPS) is 16.6. The first-order valence-electron chi connectivity index (χ1n) is 7.78. The minimum absolute atomic E-state index is 0.0150. The Morgan fingerprint density at radius 1 is 1.33 bits per heavy atom. The Morgan fingerprint density at radius 2 is 2.10 bits per heavy atom. The van der Waals surface area contributed by atoms with Gasteiger partial charge in [-0.15, -0.1) is 0 Å². The van der Waals surface area contributed by atoms with E-state index in [1.165, 1.54) is 6.42 Å². The van der Waals surface area contributed by atoms with Gasteiger partial charge in [0.2, 0.25) is 0 Å². The van der Waals surface area contributed by atoms with E-state index in [1.807, 2.05) is 18.2 Å². The van der Waals surface area contributed by atoms with Crippen LogP contribution in [-0.2, 0) is 0 Å². The molecule has 1 aliphatic carbocycles. The number of rotatable bonds is 8. The smallest absolute Gasteiger partial charge is 0.134 e. The molecule has 0 heterocycles. The zero-order valence-electron chi connectivity index (χ0n) is 13.2. The van der Waals surface area contributed by atoms with Gasteiger partial charge in [-0.05, 0) is 78.8 Å². The van der Waals surface area contributed by atoms with Gasteiger partial charge in [0.15, 0.2) is 0 Å². The van der Waals surface area contributed by atoms with Crippen LogP contribution >= 0.6 is 15.9 Å². The Morgan fingerprint density at radius 3 is 2.62 bits per heavy atom. The van der Waals surface area contributed by atoms with Crippen LogP contribution < -0.4 is 14.8 Å². The molecule has 0 spiro atoms. The van der Waals surface area contributed by atoms with Gasteiger partial charge in [0.05, 0.1) is 11.6 Å². The van der Waals surface area contributed by atoms with Gasteiger partial charge in [0, 0.05) is 0 Å². The molecule has 0 radical (unpaired) electrons. The van der Waals surface area contributed by atoms with Crippen molar-refractivity contribution < 1.29 is 9.47 Å². The molecule has 1 saturated carbocycles. The SMILES string of the molecule is COc1ccc(OC2(CCNCC(C)C)CCC2)c(Br)c1. The molecule has 2 rings (SSSR count). The molecule has 0 bridgehead atoms. The number of hydrogen-bond donors (Lipinski definition) is 1. The van der Waals surface area contributed by atoms with Crippen LogP contribution in [0.1, 0.15) is 39.5 Å². The van der Waals surface area contributed by atoms with E-state index in [0.29, 0.717) is 5.92 Å². The molecule has 0 atom stereocenters. The monoisotopic (exact) mass is 355 g/mol. The van der Waals surface area contributed by atoms with Gasteiger partial charge in [0.1, 0.15) is 17.1 Å². The van der Waals surface area contributed by atoms with Crippen molar-refractivity contribution >= 4 is 15.9 Å². The van der Waals surface area contributed by atoms with Gasteiger partial charge in [-0.1, -0.05) is 13.8 Å². The third-order valence-electron chi connectivity index (χ3n) is 4.04. The first kappa shape index (κ1) is 16.6. The third kappa shape index (κ3) is 4.62. The number of halogens is 1. The summed E-state index contributed by atoms with van der Waals surface area (Å²) in [6, 6.07) is 5.90. The predicted molar refractivity (Wildman–Crippen MR) is 90.2 cm³/mol. The van der Waals surface area contributed by atoms with E-state index in [2.05, 4.69) is 35.1 Å². The molecule has 0 amide bonds. The fraction of sp³-hybridized carbons (Fsp3) is 0.647. The van der Waals surface area contributed by atoms with E-state index in [0.717, 1.165) is 48.3 Å². The van der Waals surface area contributed by atoms with E-state index in [-0.39, 0.29) is 5.60 Å². The first-order chi connectivity index (χ1) is 10.0. The Balaban J connectivity index is 1.92. The average Bonchev–Trinajstić information content (AvgIpc) is 2.41. The van der Waals surface area contributed by atoms with Crippen LogP contribution in [0.15, 0.2) is 22.7 Å². The lowest BCUT2D eigenvalue weighted by Crippen LogP contribution is -2.45. The highest BCUT2D eigenvalue weighted by atomic mass is 79.9. The van der Waals surface area contributed by atoms with Crippen LogP contribution in [0.4, 0.5) is 0 Å². The lowest BCUT2D eigenvalue weighted by molar-refractivity contribution is -0.0149. The largest absolute Gasteiger partial charge is 0.497 e. The number of hydrogen-bond acceptors (Lipinski definition) is 3. The third-order valence-corrected chi connectivity index (χ3v) is 4.66. The molecule has 0 saturated heterocycles. The molecule has 0 aromatic heterocycles. The van der Waals surface area contributed by atoms with Crippen LogP contribution in [0.25, 0.3) is 0 Å². The topological polar surface area (TPSA) is 30.5 Å². The molecule has 21 heavy (non-hydrogen) atoms. The molecule has 0 aliphatic heterocycles. The zero-order valence-corrected chi connectivity index (χ0v) is 14.8. The van der Waals surface area contributed by atoms with Crippen molar-refractivity contribution in [2.75, 3.05) is 20.2 Å². The summed E-state index contributed by atoms with van der Waals surface area (Å²) in [5.41, 5.74) is 0.0150. The molecule has 0 unspecified atom stereocenters. The highest BCUT2D eigenvalue weighted by molar-refractivity contribution is 9.10. The van der Waals surface area contributed by atoms with Crippen LogP contribution in [-0.4, -0.2) is 25.8 Å². The summed E-state index contributed by atoms with van der Waals surface area (Å²) in [5, 5.41) is 3.52. The van der Waals surface area contributed by atoms with E-state index < -0.39 is 0 Å². The first-order valence-corrected chi connectivity index (χ1v) is 8.57. The summed E-state index contributed by atoms with van der Waals surface area (Å²) in [5.74, 6) is 2.45. The zero-order chi connectivity index (χ0) is 15.3. The standard InChI is InChI=1S/C17H26BrNO2/c1-13(2)12-19-10-9-17(7-4-8-17)21-16-6-5-14(20-3)11-15(16)18/h5-6,11,13,19H,4,7-10,12H2,1-3H3. The summed E-state index contributed by atoms with van der Waals surface area (Å²) in [6.45, 7) is 6.56. The van der Waals surface area contributed by atoms with Crippen molar-refractivity contribution in [3.05, 3.63) is 22.7 Å². The molecule has 1 fully saturated rings. The minimum atomic E-state index is 0.0150. The molecular formula is C17H26BrNO2. The van der Waals surface area contributed by atoms with Crippen LogP contribution in [0.2, 0.25) is 0 Å². The number of benzene rings is 1. The Hall–Kier alpha value is -0.740. The maximum Gasteiger partial charge on any atom is 0.134 e. The molecule has 1 aliphatic rings. The van der Waals surface area contributed by atoms with Gasteiger partial charge in [-0.2, -0.15) is 0 Å². The number of nitrogens with one attached hydrogen (secondary N) is 1. The fourth-order valence-electron chi connectivity index (χ4n) is 2.61. The summed E-state index contributed by atoms with van der Waals surface area (Å²) in [4.78, 5) is 0. The summed E-state index contributed by atoms with van der Waals surface area (Å²) < 4.78 is 12.5. The van der Waals surface area contributed by atoms with Crippen molar-refractivity contribution in [2.45, 2.75) is 45.1 Å². The maximum atomic E-state index is 6.33. The quantitative estimate of drug-likeness (QED) is 0.701. The second-order valence-corrected chi connectivity index (χ2v) is 7.14. The van der Waals surface area contributed by atoms with Crippen molar-refractivity contribution in [1.82, 2.24) is 5.32 Å². The lowest BCUT2D eigenvalue weighted by Gasteiger charge is -2.42. The van der Waals surface area contributed by atoms with E-state index in [9.17, 15) is 0 Å². The van der Waals surface area contributed by atoms with E-state index in [4.69, 9.17) is 9.47 Å². The predicted octanol–water partition coefficient (Wildman–Crippen LogP) is 4.39. The van der Waals surface area contributed by atoms with Gasteiger partial charge in [-0.25, -0.2) is 0 Å². The average molecular weight is 356 g/mol. The van der Waals surface area contributed by atoms with Crippen molar-refractivity contribution in [3.8, 4) is 11.5 Å². The van der Waals surface area contributed by atoms with Crippen molar-refractivity contribution in [1.29, 1.82) is 0 Å². The Labute approximate surface area is 136 Å². The molecular weight excluding hydrogens is 330 g/mol. The summed E-state index contributed by atoms with van der Waals surface area (Å²) in [6.07, 6.45) is 4.62. The van der Waals surface area contributed by atoms with Gasteiger partial charge < -0.3 is 14.8 Å². The fourth-order valence-corrected chi connectivity index (χ4v) is 3.04. The Bertz CT molecular complexity index is 458.